The number of carbonyl (C=O) groups is 2. The zero-order chi connectivity index (χ0) is 17.9. The molecule has 0 saturated carbocycles. The average Bonchev–Trinajstić information content (AvgIpc) is 2.47. The molecule has 5 nitrogen and oxygen atoms in total. The molecule has 0 heterocycles. The lowest BCUT2D eigenvalue weighted by Crippen LogP contribution is -2.37. The van der Waals surface area contributed by atoms with Crippen LogP contribution >= 0.6 is 0 Å². The van der Waals surface area contributed by atoms with Crippen LogP contribution in [0.15, 0.2) is 0 Å². The van der Waals surface area contributed by atoms with E-state index in [9.17, 15) is 14.9 Å². The van der Waals surface area contributed by atoms with Crippen molar-refractivity contribution in [2.24, 2.45) is 17.3 Å². The summed E-state index contributed by atoms with van der Waals surface area (Å²) in [5.74, 6) is -2.32. The first kappa shape index (κ1) is 21.4. The quantitative estimate of drug-likeness (QED) is 0.426. The van der Waals surface area contributed by atoms with Crippen LogP contribution in [0.5, 0.6) is 0 Å². The third kappa shape index (κ3) is 7.49. The fourth-order valence-electron chi connectivity index (χ4n) is 2.78. The van der Waals surface area contributed by atoms with Gasteiger partial charge in [0, 0.05) is 0 Å². The second kappa shape index (κ2) is 11.0. The van der Waals surface area contributed by atoms with Crippen molar-refractivity contribution >= 4 is 11.9 Å². The lowest BCUT2D eigenvalue weighted by molar-refractivity contribution is -0.157. The van der Waals surface area contributed by atoms with Crippen LogP contribution in [0, 0.1) is 28.6 Å². The van der Waals surface area contributed by atoms with E-state index < -0.39 is 23.8 Å². The summed E-state index contributed by atoms with van der Waals surface area (Å²) in [5.41, 5.74) is -0.367. The summed E-state index contributed by atoms with van der Waals surface area (Å²) in [5, 5.41) is 9.64. The van der Waals surface area contributed by atoms with Gasteiger partial charge in [-0.15, -0.1) is 0 Å². The molecule has 2 unspecified atom stereocenters. The second-order valence-corrected chi connectivity index (χ2v) is 6.42. The fourth-order valence-corrected chi connectivity index (χ4v) is 2.78. The normalized spacial score (nSPS) is 13.7. The Bertz CT molecular complexity index is 412. The third-order valence-electron chi connectivity index (χ3n) is 4.09. The molecule has 0 aliphatic heterocycles. The summed E-state index contributed by atoms with van der Waals surface area (Å²) in [6.07, 6.45) is 3.90. The standard InChI is InChI=1S/C18H31NO4/c1-6-9-10-11-18(4,5)15(13-19)14(17(21)23-8-3)12-16(20)22-7-2/h14-15H,6-12H2,1-5H3. The van der Waals surface area contributed by atoms with E-state index in [-0.39, 0.29) is 25.0 Å². The topological polar surface area (TPSA) is 76.4 Å². The van der Waals surface area contributed by atoms with Gasteiger partial charge < -0.3 is 9.47 Å². The maximum absolute atomic E-state index is 12.3. The first-order valence-electron chi connectivity index (χ1n) is 8.55. The molecule has 23 heavy (non-hydrogen) atoms. The Morgan fingerprint density at radius 2 is 1.70 bits per heavy atom. The van der Waals surface area contributed by atoms with Crippen LogP contribution in [-0.4, -0.2) is 25.2 Å². The van der Waals surface area contributed by atoms with E-state index in [1.165, 1.54) is 0 Å². The maximum Gasteiger partial charge on any atom is 0.310 e. The Balaban J connectivity index is 5.23. The molecular formula is C18H31NO4. The molecule has 0 fully saturated rings. The number of esters is 2. The van der Waals surface area contributed by atoms with E-state index in [1.807, 2.05) is 13.8 Å². The fraction of sp³-hybridized carbons (Fsp3) is 0.833. The highest BCUT2D eigenvalue weighted by atomic mass is 16.5. The van der Waals surface area contributed by atoms with E-state index in [1.54, 1.807) is 13.8 Å². The number of nitrogens with zero attached hydrogens (tertiary/aromatic N) is 1. The SMILES string of the molecule is CCCCCC(C)(C)C(C#N)C(CC(=O)OCC)C(=O)OCC. The molecule has 0 bridgehead atoms. The Morgan fingerprint density at radius 1 is 1.09 bits per heavy atom. The van der Waals surface area contributed by atoms with E-state index in [0.29, 0.717) is 0 Å². The average molecular weight is 325 g/mol. The smallest absolute Gasteiger partial charge is 0.310 e. The van der Waals surface area contributed by atoms with Gasteiger partial charge in [-0.05, 0) is 25.7 Å². The van der Waals surface area contributed by atoms with Gasteiger partial charge in [-0.2, -0.15) is 5.26 Å². The van der Waals surface area contributed by atoms with Gasteiger partial charge in [0.25, 0.3) is 0 Å². The van der Waals surface area contributed by atoms with Gasteiger partial charge in [-0.3, -0.25) is 9.59 Å². The third-order valence-corrected chi connectivity index (χ3v) is 4.09. The van der Waals surface area contributed by atoms with E-state index in [4.69, 9.17) is 9.47 Å². The van der Waals surface area contributed by atoms with Crippen molar-refractivity contribution in [3.63, 3.8) is 0 Å². The zero-order valence-electron chi connectivity index (χ0n) is 15.2. The number of hydrogen-bond acceptors (Lipinski definition) is 5. The van der Waals surface area contributed by atoms with Crippen molar-refractivity contribution in [3.05, 3.63) is 0 Å². The number of carbonyl (C=O) groups excluding carboxylic acids is 2. The lowest BCUT2D eigenvalue weighted by atomic mass is 9.69. The minimum atomic E-state index is -0.782. The van der Waals surface area contributed by atoms with Crippen molar-refractivity contribution in [1.29, 1.82) is 5.26 Å². The highest BCUT2D eigenvalue weighted by molar-refractivity contribution is 5.80. The largest absolute Gasteiger partial charge is 0.466 e. The molecule has 0 radical (unpaired) electrons. The molecule has 0 saturated heterocycles. The monoisotopic (exact) mass is 325 g/mol. The number of hydrogen-bond donors (Lipinski definition) is 0. The zero-order valence-corrected chi connectivity index (χ0v) is 15.2. The molecular weight excluding hydrogens is 294 g/mol. The minimum Gasteiger partial charge on any atom is -0.466 e. The summed E-state index contributed by atoms with van der Waals surface area (Å²) in [7, 11) is 0. The molecule has 0 aromatic rings. The number of ether oxygens (including phenoxy) is 2. The molecule has 5 heteroatoms. The van der Waals surface area contributed by atoms with Crippen LogP contribution in [-0.2, 0) is 19.1 Å². The van der Waals surface area contributed by atoms with Gasteiger partial charge in [0.15, 0.2) is 0 Å². The van der Waals surface area contributed by atoms with Crippen LogP contribution in [0.4, 0.5) is 0 Å². The Morgan fingerprint density at radius 3 is 2.17 bits per heavy atom. The lowest BCUT2D eigenvalue weighted by Gasteiger charge is -2.34. The summed E-state index contributed by atoms with van der Waals surface area (Å²) >= 11 is 0. The first-order chi connectivity index (χ1) is 10.8. The summed E-state index contributed by atoms with van der Waals surface area (Å²) in [6, 6.07) is 2.25. The number of rotatable bonds is 11. The van der Waals surface area contributed by atoms with Crippen molar-refractivity contribution in [2.45, 2.75) is 66.7 Å². The van der Waals surface area contributed by atoms with Gasteiger partial charge in [0.2, 0.25) is 0 Å². The summed E-state index contributed by atoms with van der Waals surface area (Å²) in [6.45, 7) is 10.00. The molecule has 0 aliphatic carbocycles. The van der Waals surface area contributed by atoms with Gasteiger partial charge in [0.1, 0.15) is 0 Å². The van der Waals surface area contributed by atoms with Crippen LogP contribution in [0.3, 0.4) is 0 Å². The minimum absolute atomic E-state index is 0.109. The Labute approximate surface area is 140 Å². The summed E-state index contributed by atoms with van der Waals surface area (Å²) < 4.78 is 10.0. The molecule has 132 valence electrons. The molecule has 0 aliphatic rings. The predicted molar refractivity (Wildman–Crippen MR) is 88.4 cm³/mol. The van der Waals surface area contributed by atoms with Gasteiger partial charge in [-0.25, -0.2) is 0 Å². The van der Waals surface area contributed by atoms with Crippen molar-refractivity contribution in [1.82, 2.24) is 0 Å². The molecule has 0 aromatic heterocycles. The van der Waals surface area contributed by atoms with Gasteiger partial charge >= 0.3 is 11.9 Å². The Kier molecular flexibility index (Phi) is 10.3. The highest BCUT2D eigenvalue weighted by Gasteiger charge is 2.41. The van der Waals surface area contributed by atoms with Crippen molar-refractivity contribution in [3.8, 4) is 6.07 Å². The van der Waals surface area contributed by atoms with E-state index >= 15 is 0 Å². The Hall–Kier alpha value is -1.57. The highest BCUT2D eigenvalue weighted by Crippen LogP contribution is 2.39. The molecule has 0 N–H and O–H groups in total. The molecule has 0 amide bonds. The van der Waals surface area contributed by atoms with E-state index in [0.717, 1.165) is 25.7 Å². The predicted octanol–water partition coefficient (Wildman–Crippen LogP) is 3.87. The van der Waals surface area contributed by atoms with Crippen LogP contribution < -0.4 is 0 Å². The molecule has 0 aromatic carbocycles. The molecule has 0 spiro atoms. The van der Waals surface area contributed by atoms with Crippen molar-refractivity contribution < 1.29 is 19.1 Å². The van der Waals surface area contributed by atoms with E-state index in [2.05, 4.69) is 13.0 Å². The van der Waals surface area contributed by atoms with Crippen LogP contribution in [0.2, 0.25) is 0 Å². The van der Waals surface area contributed by atoms with Crippen LogP contribution in [0.25, 0.3) is 0 Å². The molecule has 0 rings (SSSR count). The van der Waals surface area contributed by atoms with Gasteiger partial charge in [0.05, 0.1) is 37.5 Å². The second-order valence-electron chi connectivity index (χ2n) is 6.42. The maximum atomic E-state index is 12.3. The van der Waals surface area contributed by atoms with Gasteiger partial charge in [-0.1, -0.05) is 40.0 Å². The number of unbranched alkanes of at least 4 members (excludes halogenated alkanes) is 2. The molecule has 2 atom stereocenters. The first-order valence-corrected chi connectivity index (χ1v) is 8.55. The van der Waals surface area contributed by atoms with Crippen molar-refractivity contribution in [2.75, 3.05) is 13.2 Å². The summed E-state index contributed by atoms with van der Waals surface area (Å²) in [4.78, 5) is 24.1. The number of nitriles is 1. The van der Waals surface area contributed by atoms with Crippen LogP contribution in [0.1, 0.15) is 66.7 Å².